The van der Waals surface area contributed by atoms with Crippen LogP contribution >= 0.6 is 11.8 Å². The quantitative estimate of drug-likeness (QED) is 0.385. The first-order valence-corrected chi connectivity index (χ1v) is 10.8. The SMILES string of the molecule is NC(=O)[C@@H]1CS[C@H]2C[C@](N)(CN3CCCCC3)C(=O)N21.O=C(O)C(F)(F)F.O=C(O)C(F)(F)F. The number of hydrogen-bond donors (Lipinski definition) is 4. The van der Waals surface area contributed by atoms with Gasteiger partial charge in [0.05, 0.1) is 5.37 Å². The molecular formula is C17H24F6N4O6S. The summed E-state index contributed by atoms with van der Waals surface area (Å²) < 4.78 is 63.5. The van der Waals surface area contributed by atoms with Crippen LogP contribution in [0.3, 0.4) is 0 Å². The summed E-state index contributed by atoms with van der Waals surface area (Å²) in [5.41, 5.74) is 10.9. The van der Waals surface area contributed by atoms with Crippen LogP contribution in [0.15, 0.2) is 0 Å². The number of carboxylic acids is 2. The largest absolute Gasteiger partial charge is 0.490 e. The third-order valence-electron chi connectivity index (χ3n) is 5.06. The topological polar surface area (TPSA) is 167 Å². The Bertz CT molecular complexity index is 753. The summed E-state index contributed by atoms with van der Waals surface area (Å²) >= 11 is 1.62. The normalized spacial score (nSPS) is 27.1. The fourth-order valence-corrected chi connectivity index (χ4v) is 5.06. The summed E-state index contributed by atoms with van der Waals surface area (Å²) in [5.74, 6) is -5.43. The van der Waals surface area contributed by atoms with E-state index in [9.17, 15) is 35.9 Å². The second-order valence-electron chi connectivity index (χ2n) is 7.72. The first-order valence-electron chi connectivity index (χ1n) is 9.75. The molecule has 2 amide bonds. The van der Waals surface area contributed by atoms with Gasteiger partial charge in [-0.3, -0.25) is 9.59 Å². The van der Waals surface area contributed by atoms with Crippen molar-refractivity contribution < 1.29 is 55.7 Å². The van der Waals surface area contributed by atoms with Gasteiger partial charge in [0.1, 0.15) is 11.6 Å². The third kappa shape index (κ3) is 8.19. The van der Waals surface area contributed by atoms with Gasteiger partial charge in [0.25, 0.3) is 0 Å². The molecule has 196 valence electrons. The number of hydrogen-bond acceptors (Lipinski definition) is 7. The van der Waals surface area contributed by atoms with E-state index in [-0.39, 0.29) is 11.3 Å². The van der Waals surface area contributed by atoms with Crippen molar-refractivity contribution in [2.45, 2.75) is 55.0 Å². The summed E-state index contributed by atoms with van der Waals surface area (Å²) in [6, 6.07) is -0.482. The van der Waals surface area contributed by atoms with E-state index in [0.717, 1.165) is 13.1 Å². The van der Waals surface area contributed by atoms with E-state index in [0.29, 0.717) is 18.7 Å². The number of primary amides is 1. The molecule has 10 nitrogen and oxygen atoms in total. The zero-order valence-electron chi connectivity index (χ0n) is 17.6. The minimum absolute atomic E-state index is 0.0230. The Kier molecular flexibility index (Phi) is 10.0. The molecule has 6 N–H and O–H groups in total. The number of rotatable bonds is 3. The van der Waals surface area contributed by atoms with Crippen molar-refractivity contribution in [3.63, 3.8) is 0 Å². The lowest BCUT2D eigenvalue weighted by Crippen LogP contribution is -2.58. The Morgan fingerprint density at radius 1 is 1.00 bits per heavy atom. The fraction of sp³-hybridized carbons (Fsp3) is 0.765. The van der Waals surface area contributed by atoms with E-state index in [4.69, 9.17) is 31.3 Å². The summed E-state index contributed by atoms with van der Waals surface area (Å²) in [6.45, 7) is 2.64. The number of likely N-dealkylation sites (tertiary alicyclic amines) is 1. The molecule has 34 heavy (non-hydrogen) atoms. The monoisotopic (exact) mass is 526 g/mol. The summed E-state index contributed by atoms with van der Waals surface area (Å²) in [5, 5.41) is 14.3. The number of carbonyl (C=O) groups excluding carboxylic acids is 2. The van der Waals surface area contributed by atoms with Crippen LogP contribution in [0, 0.1) is 0 Å². The van der Waals surface area contributed by atoms with Crippen molar-refractivity contribution in [2.24, 2.45) is 11.5 Å². The van der Waals surface area contributed by atoms with Crippen molar-refractivity contribution >= 4 is 35.5 Å². The zero-order valence-corrected chi connectivity index (χ0v) is 18.4. The summed E-state index contributed by atoms with van der Waals surface area (Å²) in [6.07, 6.45) is -5.93. The van der Waals surface area contributed by atoms with Crippen molar-refractivity contribution in [3.8, 4) is 0 Å². The molecular weight excluding hydrogens is 502 g/mol. The number of thioether (sulfide) groups is 1. The van der Waals surface area contributed by atoms with Gasteiger partial charge in [-0.05, 0) is 25.9 Å². The highest BCUT2D eigenvalue weighted by Crippen LogP contribution is 2.41. The Morgan fingerprint density at radius 3 is 1.82 bits per heavy atom. The molecule has 3 fully saturated rings. The molecule has 0 aromatic heterocycles. The molecule has 0 aromatic carbocycles. The standard InChI is InChI=1S/C13H22N4O2S.2C2HF3O2/c14-11(18)9-7-20-10-6-13(15,12(19)17(9)10)8-16-4-2-1-3-5-16;2*3-2(4,5)1(6)7/h9-10H,1-8,15H2,(H2,14,18);2*(H,6,7)/t9-,10-,13-;;/m0../s1. The molecule has 3 atom stereocenters. The molecule has 0 bridgehead atoms. The highest BCUT2D eigenvalue weighted by atomic mass is 32.2. The number of carbonyl (C=O) groups is 4. The van der Waals surface area contributed by atoms with E-state index >= 15 is 0 Å². The fourth-order valence-electron chi connectivity index (χ4n) is 3.52. The molecule has 0 saturated carbocycles. The number of amides is 2. The first-order chi connectivity index (χ1) is 15.4. The molecule has 17 heteroatoms. The molecule has 3 heterocycles. The number of carboxylic acid groups (broad SMARTS) is 2. The molecule has 0 unspecified atom stereocenters. The average Bonchev–Trinajstić information content (AvgIpc) is 3.20. The van der Waals surface area contributed by atoms with Crippen molar-refractivity contribution in [1.29, 1.82) is 0 Å². The highest BCUT2D eigenvalue weighted by molar-refractivity contribution is 8.00. The number of nitrogens with two attached hydrogens (primary N) is 2. The van der Waals surface area contributed by atoms with Crippen LogP contribution in [-0.4, -0.2) is 98.5 Å². The van der Waals surface area contributed by atoms with Crippen molar-refractivity contribution in [2.75, 3.05) is 25.4 Å². The number of piperidine rings is 1. The van der Waals surface area contributed by atoms with E-state index in [1.807, 2.05) is 0 Å². The third-order valence-corrected chi connectivity index (χ3v) is 6.35. The van der Waals surface area contributed by atoms with Crippen LogP contribution in [0.5, 0.6) is 0 Å². The number of fused-ring (bicyclic) bond motifs is 1. The molecule has 0 aromatic rings. The van der Waals surface area contributed by atoms with Gasteiger partial charge in [-0.1, -0.05) is 6.42 Å². The molecule has 0 aliphatic carbocycles. The molecule has 3 saturated heterocycles. The van der Waals surface area contributed by atoms with E-state index in [2.05, 4.69) is 4.90 Å². The van der Waals surface area contributed by atoms with Crippen LogP contribution in [-0.2, 0) is 19.2 Å². The predicted molar refractivity (Wildman–Crippen MR) is 105 cm³/mol. The highest BCUT2D eigenvalue weighted by Gasteiger charge is 2.56. The van der Waals surface area contributed by atoms with Crippen LogP contribution in [0.4, 0.5) is 26.3 Å². The molecule has 3 rings (SSSR count). The molecule has 0 radical (unpaired) electrons. The van der Waals surface area contributed by atoms with Crippen LogP contribution in [0.1, 0.15) is 25.7 Å². The maximum absolute atomic E-state index is 12.7. The zero-order chi connectivity index (χ0) is 26.5. The maximum atomic E-state index is 12.7. The van der Waals surface area contributed by atoms with Gasteiger partial charge >= 0.3 is 24.3 Å². The first kappa shape index (κ1) is 29.8. The lowest BCUT2D eigenvalue weighted by Gasteiger charge is -2.34. The van der Waals surface area contributed by atoms with Gasteiger partial charge in [0, 0.05) is 18.7 Å². The lowest BCUT2D eigenvalue weighted by atomic mass is 9.97. The van der Waals surface area contributed by atoms with Gasteiger partial charge in [-0.25, -0.2) is 9.59 Å². The van der Waals surface area contributed by atoms with Gasteiger partial charge in [0.15, 0.2) is 0 Å². The number of alkyl halides is 6. The van der Waals surface area contributed by atoms with E-state index < -0.39 is 41.8 Å². The Morgan fingerprint density at radius 2 is 1.44 bits per heavy atom. The minimum Gasteiger partial charge on any atom is -0.475 e. The van der Waals surface area contributed by atoms with Gasteiger partial charge in [0.2, 0.25) is 11.8 Å². The lowest BCUT2D eigenvalue weighted by molar-refractivity contribution is -0.193. The van der Waals surface area contributed by atoms with E-state index in [1.54, 1.807) is 16.7 Å². The minimum atomic E-state index is -5.08. The number of nitrogens with zero attached hydrogens (tertiary/aromatic N) is 2. The smallest absolute Gasteiger partial charge is 0.475 e. The van der Waals surface area contributed by atoms with Crippen molar-refractivity contribution in [3.05, 3.63) is 0 Å². The summed E-state index contributed by atoms with van der Waals surface area (Å²) in [4.78, 5) is 45.8. The predicted octanol–water partition coefficient (Wildman–Crippen LogP) is 0.596. The molecule has 0 spiro atoms. The van der Waals surface area contributed by atoms with Gasteiger partial charge < -0.3 is 31.5 Å². The Balaban J connectivity index is 0.000000343. The Hall–Kier alpha value is -2.27. The van der Waals surface area contributed by atoms with Crippen LogP contribution in [0.25, 0.3) is 0 Å². The maximum Gasteiger partial charge on any atom is 0.490 e. The number of halogens is 6. The molecule has 3 aliphatic heterocycles. The average molecular weight is 526 g/mol. The van der Waals surface area contributed by atoms with Gasteiger partial charge in [-0.2, -0.15) is 26.3 Å². The van der Waals surface area contributed by atoms with Crippen LogP contribution in [0.2, 0.25) is 0 Å². The second kappa shape index (κ2) is 11.4. The number of aliphatic carboxylic acids is 2. The second-order valence-corrected chi connectivity index (χ2v) is 8.93. The summed E-state index contributed by atoms with van der Waals surface area (Å²) in [7, 11) is 0. The van der Waals surface area contributed by atoms with E-state index in [1.165, 1.54) is 19.3 Å². The Labute approximate surface area is 193 Å². The molecule has 3 aliphatic rings. The van der Waals surface area contributed by atoms with Gasteiger partial charge in [-0.15, -0.1) is 11.8 Å². The van der Waals surface area contributed by atoms with Crippen LogP contribution < -0.4 is 11.5 Å². The van der Waals surface area contributed by atoms with Crippen molar-refractivity contribution in [1.82, 2.24) is 9.80 Å².